The van der Waals surface area contributed by atoms with Crippen molar-refractivity contribution in [3.8, 4) is 0 Å². The summed E-state index contributed by atoms with van der Waals surface area (Å²) in [5, 5.41) is 0. The Morgan fingerprint density at radius 2 is 2.11 bits per heavy atom. The third kappa shape index (κ3) is 3.96. The van der Waals surface area contributed by atoms with Crippen LogP contribution in [-0.4, -0.2) is 29.4 Å². The molecule has 0 aromatic carbocycles. The number of hydrogen-bond acceptors (Lipinski definition) is 2. The first-order valence-corrected chi connectivity index (χ1v) is 6.57. The second-order valence-electron chi connectivity index (χ2n) is 5.41. The molecule has 0 saturated heterocycles. The smallest absolute Gasteiger partial charge is 0.372 e. The number of fused-ring (bicyclic) bond motifs is 1. The van der Waals surface area contributed by atoms with Crippen LogP contribution in [0.25, 0.3) is 0 Å². The first kappa shape index (κ1) is 14.4. The number of imidazole rings is 1. The fraction of sp³-hybridized carbons (Fsp3) is 0.769. The summed E-state index contributed by atoms with van der Waals surface area (Å²) < 4.78 is 40.3. The van der Waals surface area contributed by atoms with E-state index in [9.17, 15) is 13.2 Å². The topological polar surface area (TPSA) is 37.9 Å². The van der Waals surface area contributed by atoms with E-state index in [1.54, 1.807) is 0 Å². The molecule has 108 valence electrons. The van der Waals surface area contributed by atoms with Crippen LogP contribution in [0, 0.1) is 5.92 Å². The van der Waals surface area contributed by atoms with Crippen LogP contribution in [0.15, 0.2) is 0 Å². The number of nitrogens with one attached hydrogen (secondary N) is 1. The zero-order valence-corrected chi connectivity index (χ0v) is 11.2. The Hall–Kier alpha value is -1.04. The van der Waals surface area contributed by atoms with E-state index in [2.05, 4.69) is 28.6 Å². The van der Waals surface area contributed by atoms with Crippen LogP contribution in [0.1, 0.15) is 43.4 Å². The molecular weight excluding hydrogens is 257 g/mol. The minimum absolute atomic E-state index is 0.0375. The second-order valence-corrected chi connectivity index (χ2v) is 5.41. The third-order valence-corrected chi connectivity index (χ3v) is 3.38. The number of halogens is 3. The van der Waals surface area contributed by atoms with Crippen molar-refractivity contribution >= 4 is 0 Å². The predicted octanol–water partition coefficient (Wildman–Crippen LogP) is 3.22. The van der Waals surface area contributed by atoms with E-state index >= 15 is 0 Å². The van der Waals surface area contributed by atoms with E-state index in [0.717, 1.165) is 30.1 Å². The summed E-state index contributed by atoms with van der Waals surface area (Å²) in [6.07, 6.45) is -1.78. The molecule has 0 saturated carbocycles. The van der Waals surface area contributed by atoms with Gasteiger partial charge in [0.1, 0.15) is 12.4 Å². The lowest BCUT2D eigenvalue weighted by molar-refractivity contribution is -0.173. The number of nitrogens with zero attached hydrogens (tertiary/aromatic N) is 1. The molecule has 19 heavy (non-hydrogen) atoms. The van der Waals surface area contributed by atoms with E-state index in [4.69, 9.17) is 0 Å². The van der Waals surface area contributed by atoms with E-state index in [-0.39, 0.29) is 6.61 Å². The average molecular weight is 276 g/mol. The van der Waals surface area contributed by atoms with Crippen molar-refractivity contribution < 1.29 is 17.9 Å². The van der Waals surface area contributed by atoms with E-state index < -0.39 is 12.8 Å². The number of ether oxygens (including phenoxy) is 1. The van der Waals surface area contributed by atoms with Gasteiger partial charge in [-0.05, 0) is 18.8 Å². The first-order chi connectivity index (χ1) is 8.85. The van der Waals surface area contributed by atoms with Crippen molar-refractivity contribution in [3.05, 3.63) is 17.2 Å². The van der Waals surface area contributed by atoms with Crippen molar-refractivity contribution in [2.45, 2.75) is 45.2 Å². The molecule has 1 aliphatic carbocycles. The van der Waals surface area contributed by atoms with Crippen molar-refractivity contribution in [3.63, 3.8) is 0 Å². The van der Waals surface area contributed by atoms with Crippen LogP contribution < -0.4 is 0 Å². The highest BCUT2D eigenvalue weighted by molar-refractivity contribution is 5.22. The minimum Gasteiger partial charge on any atom is -0.372 e. The minimum atomic E-state index is -4.26. The fourth-order valence-corrected chi connectivity index (χ4v) is 2.66. The average Bonchev–Trinajstić information content (AvgIpc) is 2.66. The SMILES string of the molecule is CC1Cc2[nH]c(CCOCC(F)(F)F)nc2C(C)C1. The molecule has 1 aliphatic rings. The molecule has 2 rings (SSSR count). The Labute approximate surface area is 110 Å². The lowest BCUT2D eigenvalue weighted by Crippen LogP contribution is -2.18. The highest BCUT2D eigenvalue weighted by Gasteiger charge is 2.28. The van der Waals surface area contributed by atoms with Gasteiger partial charge >= 0.3 is 6.18 Å². The predicted molar refractivity (Wildman–Crippen MR) is 65.1 cm³/mol. The number of hydrogen-bond donors (Lipinski definition) is 1. The second kappa shape index (κ2) is 5.53. The highest BCUT2D eigenvalue weighted by Crippen LogP contribution is 2.32. The lowest BCUT2D eigenvalue weighted by Gasteiger charge is -2.22. The molecule has 1 aromatic heterocycles. The van der Waals surface area contributed by atoms with Crippen molar-refractivity contribution in [1.82, 2.24) is 9.97 Å². The van der Waals surface area contributed by atoms with Gasteiger partial charge in [0.15, 0.2) is 0 Å². The molecule has 2 unspecified atom stereocenters. The number of alkyl halides is 3. The molecule has 0 spiro atoms. The zero-order chi connectivity index (χ0) is 14.0. The van der Waals surface area contributed by atoms with Crippen LogP contribution in [0.3, 0.4) is 0 Å². The molecule has 0 fully saturated rings. The Balaban J connectivity index is 1.87. The van der Waals surface area contributed by atoms with Gasteiger partial charge in [-0.15, -0.1) is 0 Å². The van der Waals surface area contributed by atoms with Gasteiger partial charge in [-0.3, -0.25) is 0 Å². The number of aromatic amines is 1. The molecule has 2 atom stereocenters. The van der Waals surface area contributed by atoms with Crippen LogP contribution in [0.4, 0.5) is 13.2 Å². The summed E-state index contributed by atoms with van der Waals surface area (Å²) in [7, 11) is 0. The van der Waals surface area contributed by atoms with E-state index in [1.165, 1.54) is 0 Å². The summed E-state index contributed by atoms with van der Waals surface area (Å²) >= 11 is 0. The summed E-state index contributed by atoms with van der Waals surface area (Å²) in [4.78, 5) is 7.70. The van der Waals surface area contributed by atoms with Crippen LogP contribution in [-0.2, 0) is 17.6 Å². The third-order valence-electron chi connectivity index (χ3n) is 3.38. The van der Waals surface area contributed by atoms with Gasteiger partial charge in [0.05, 0.1) is 12.3 Å². The van der Waals surface area contributed by atoms with Crippen LogP contribution in [0.2, 0.25) is 0 Å². The molecule has 0 aliphatic heterocycles. The molecule has 1 N–H and O–H groups in total. The first-order valence-electron chi connectivity index (χ1n) is 6.57. The summed E-state index contributed by atoms with van der Waals surface area (Å²) in [6.45, 7) is 3.18. The number of H-pyrrole nitrogens is 1. The number of rotatable bonds is 4. The Kier molecular flexibility index (Phi) is 4.18. The Morgan fingerprint density at radius 1 is 1.37 bits per heavy atom. The molecule has 0 amide bonds. The summed E-state index contributed by atoms with van der Waals surface area (Å²) in [5.74, 6) is 1.77. The summed E-state index contributed by atoms with van der Waals surface area (Å²) in [6, 6.07) is 0. The fourth-order valence-electron chi connectivity index (χ4n) is 2.66. The molecular formula is C13H19F3N2O. The number of aromatic nitrogens is 2. The summed E-state index contributed by atoms with van der Waals surface area (Å²) in [5.41, 5.74) is 2.21. The monoisotopic (exact) mass is 276 g/mol. The molecule has 0 radical (unpaired) electrons. The molecule has 0 bridgehead atoms. The van der Waals surface area contributed by atoms with Gasteiger partial charge in [0.2, 0.25) is 0 Å². The van der Waals surface area contributed by atoms with Crippen molar-refractivity contribution in [2.75, 3.05) is 13.2 Å². The van der Waals surface area contributed by atoms with E-state index in [0.29, 0.717) is 18.3 Å². The highest BCUT2D eigenvalue weighted by atomic mass is 19.4. The largest absolute Gasteiger partial charge is 0.411 e. The molecule has 1 heterocycles. The standard InChI is InChI=1S/C13H19F3N2O/c1-8-5-9(2)12-10(6-8)17-11(18-12)3-4-19-7-13(14,15)16/h8-9H,3-7H2,1-2H3,(H,17,18). The lowest BCUT2D eigenvalue weighted by atomic mass is 9.84. The van der Waals surface area contributed by atoms with Gasteiger partial charge in [-0.1, -0.05) is 13.8 Å². The van der Waals surface area contributed by atoms with Crippen molar-refractivity contribution in [2.24, 2.45) is 5.92 Å². The molecule has 6 heteroatoms. The normalized spacial score (nSPS) is 23.4. The van der Waals surface area contributed by atoms with Crippen LogP contribution >= 0.6 is 0 Å². The van der Waals surface area contributed by atoms with Gasteiger partial charge in [-0.2, -0.15) is 13.2 Å². The Morgan fingerprint density at radius 3 is 2.79 bits per heavy atom. The maximum Gasteiger partial charge on any atom is 0.411 e. The molecule has 3 nitrogen and oxygen atoms in total. The van der Waals surface area contributed by atoms with Gasteiger partial charge in [0, 0.05) is 18.0 Å². The maximum atomic E-state index is 11.9. The Bertz CT molecular complexity index is 428. The maximum absolute atomic E-state index is 11.9. The quantitative estimate of drug-likeness (QED) is 0.857. The molecule has 1 aromatic rings. The zero-order valence-electron chi connectivity index (χ0n) is 11.2. The van der Waals surface area contributed by atoms with Gasteiger partial charge in [-0.25, -0.2) is 4.98 Å². The van der Waals surface area contributed by atoms with Crippen molar-refractivity contribution in [1.29, 1.82) is 0 Å². The van der Waals surface area contributed by atoms with Crippen LogP contribution in [0.5, 0.6) is 0 Å². The van der Waals surface area contributed by atoms with E-state index in [1.807, 2.05) is 0 Å². The van der Waals surface area contributed by atoms with Gasteiger partial charge in [0.25, 0.3) is 0 Å². The van der Waals surface area contributed by atoms with Gasteiger partial charge < -0.3 is 9.72 Å².